The number of hydrogen-bond acceptors (Lipinski definition) is 2. The zero-order chi connectivity index (χ0) is 13.8. The molecule has 0 aromatic heterocycles. The van der Waals surface area contributed by atoms with Crippen LogP contribution in [0.4, 0.5) is 5.69 Å². The fourth-order valence-electron chi connectivity index (χ4n) is 1.47. The minimum absolute atomic E-state index is 0.239. The van der Waals surface area contributed by atoms with E-state index < -0.39 is 5.97 Å². The fourth-order valence-corrected chi connectivity index (χ4v) is 1.99. The second-order valence-electron chi connectivity index (χ2n) is 3.81. The first-order valence-corrected chi connectivity index (χ1v) is 6.14. The van der Waals surface area contributed by atoms with Crippen LogP contribution in [0.3, 0.4) is 0 Å². The Hall–Kier alpha value is -1.84. The van der Waals surface area contributed by atoms with Gasteiger partial charge in [0.25, 0.3) is 0 Å². The van der Waals surface area contributed by atoms with Crippen LogP contribution in [0.1, 0.15) is 15.9 Å². The summed E-state index contributed by atoms with van der Waals surface area (Å²) >= 11 is 11.7. The van der Waals surface area contributed by atoms with Crippen molar-refractivity contribution in [1.29, 1.82) is 0 Å². The van der Waals surface area contributed by atoms with Gasteiger partial charge >= 0.3 is 5.97 Å². The Morgan fingerprint density at radius 3 is 2.16 bits per heavy atom. The summed E-state index contributed by atoms with van der Waals surface area (Å²) in [6.07, 6.45) is 1.62. The van der Waals surface area contributed by atoms with Gasteiger partial charge in [-0.25, -0.2) is 4.79 Å². The van der Waals surface area contributed by atoms with Crippen LogP contribution in [0.2, 0.25) is 10.0 Å². The van der Waals surface area contributed by atoms with Gasteiger partial charge in [-0.15, -0.1) is 0 Å². The molecule has 0 bridgehead atoms. The smallest absolute Gasteiger partial charge is 0.335 e. The predicted molar refractivity (Wildman–Crippen MR) is 77.1 cm³/mol. The van der Waals surface area contributed by atoms with Gasteiger partial charge in [0.2, 0.25) is 0 Å². The van der Waals surface area contributed by atoms with Gasteiger partial charge in [0.05, 0.1) is 11.3 Å². The summed E-state index contributed by atoms with van der Waals surface area (Å²) < 4.78 is 0. The van der Waals surface area contributed by atoms with Gasteiger partial charge < -0.3 is 5.11 Å². The standard InChI is InChI=1S/C14H9Cl2NO2/c15-11-5-12(16)7-13(6-11)17-8-9-1-3-10(4-2-9)14(18)19/h1-8H,(H,18,19)/b17-8+. The third-order valence-corrected chi connectivity index (χ3v) is 2.80. The van der Waals surface area contributed by atoms with Crippen molar-refractivity contribution >= 4 is 41.1 Å². The summed E-state index contributed by atoms with van der Waals surface area (Å²) in [7, 11) is 0. The topological polar surface area (TPSA) is 49.7 Å². The highest BCUT2D eigenvalue weighted by Crippen LogP contribution is 2.24. The number of rotatable bonds is 3. The van der Waals surface area contributed by atoms with Crippen molar-refractivity contribution < 1.29 is 9.90 Å². The first kappa shape index (κ1) is 13.6. The molecule has 0 radical (unpaired) electrons. The van der Waals surface area contributed by atoms with E-state index in [-0.39, 0.29) is 5.56 Å². The van der Waals surface area contributed by atoms with Crippen molar-refractivity contribution in [2.24, 2.45) is 4.99 Å². The lowest BCUT2D eigenvalue weighted by atomic mass is 10.1. The van der Waals surface area contributed by atoms with Gasteiger partial charge in [-0.2, -0.15) is 0 Å². The van der Waals surface area contributed by atoms with Gasteiger partial charge in [0, 0.05) is 16.3 Å². The molecule has 0 aliphatic heterocycles. The number of hydrogen-bond donors (Lipinski definition) is 1. The second kappa shape index (κ2) is 5.87. The summed E-state index contributed by atoms with van der Waals surface area (Å²) in [5, 5.41) is 9.81. The lowest BCUT2D eigenvalue weighted by molar-refractivity contribution is 0.0697. The predicted octanol–water partition coefficient (Wildman–Crippen LogP) is 4.44. The average Bonchev–Trinajstić information content (AvgIpc) is 2.36. The summed E-state index contributed by atoms with van der Waals surface area (Å²) in [6.45, 7) is 0. The number of carbonyl (C=O) groups is 1. The van der Waals surface area contributed by atoms with Crippen LogP contribution in [-0.2, 0) is 0 Å². The van der Waals surface area contributed by atoms with Crippen molar-refractivity contribution in [2.45, 2.75) is 0 Å². The van der Waals surface area contributed by atoms with Gasteiger partial charge in [-0.3, -0.25) is 4.99 Å². The van der Waals surface area contributed by atoms with E-state index in [2.05, 4.69) is 4.99 Å². The lowest BCUT2D eigenvalue weighted by Gasteiger charge is -1.98. The van der Waals surface area contributed by atoms with E-state index in [0.29, 0.717) is 15.7 Å². The minimum Gasteiger partial charge on any atom is -0.478 e. The maximum atomic E-state index is 10.7. The summed E-state index contributed by atoms with van der Waals surface area (Å²) in [5.74, 6) is -0.954. The largest absolute Gasteiger partial charge is 0.478 e. The first-order chi connectivity index (χ1) is 9.04. The van der Waals surface area contributed by atoms with E-state index in [9.17, 15) is 4.79 Å². The minimum atomic E-state index is -0.954. The molecule has 2 rings (SSSR count). The molecule has 0 amide bonds. The molecule has 5 heteroatoms. The maximum Gasteiger partial charge on any atom is 0.335 e. The molecule has 0 atom stereocenters. The van der Waals surface area contributed by atoms with E-state index in [1.54, 1.807) is 36.5 Å². The Morgan fingerprint density at radius 1 is 1.05 bits per heavy atom. The molecule has 2 aromatic rings. The number of benzene rings is 2. The molecule has 0 spiro atoms. The molecule has 1 N–H and O–H groups in total. The van der Waals surface area contributed by atoms with Gasteiger partial charge in [0.1, 0.15) is 0 Å². The van der Waals surface area contributed by atoms with E-state index in [1.807, 2.05) is 0 Å². The third kappa shape index (κ3) is 3.81. The van der Waals surface area contributed by atoms with Crippen LogP contribution in [-0.4, -0.2) is 17.3 Å². The molecule has 0 saturated heterocycles. The van der Waals surface area contributed by atoms with Crippen LogP contribution in [0, 0.1) is 0 Å². The maximum absolute atomic E-state index is 10.7. The molecule has 0 saturated carbocycles. The van der Waals surface area contributed by atoms with Crippen molar-refractivity contribution in [3.8, 4) is 0 Å². The van der Waals surface area contributed by atoms with Crippen LogP contribution >= 0.6 is 23.2 Å². The summed E-state index contributed by atoms with van der Waals surface area (Å²) in [5.41, 5.74) is 1.67. The fraction of sp³-hybridized carbons (Fsp3) is 0. The van der Waals surface area contributed by atoms with Crippen LogP contribution < -0.4 is 0 Å². The lowest BCUT2D eigenvalue weighted by Crippen LogP contribution is -1.95. The summed E-state index contributed by atoms with van der Waals surface area (Å²) in [6, 6.07) is 11.4. The van der Waals surface area contributed by atoms with E-state index in [1.165, 1.54) is 12.1 Å². The Kier molecular flexibility index (Phi) is 4.20. The molecular formula is C14H9Cl2NO2. The van der Waals surface area contributed by atoms with Crippen molar-refractivity contribution in [3.63, 3.8) is 0 Å². The zero-order valence-corrected chi connectivity index (χ0v) is 11.2. The molecule has 19 heavy (non-hydrogen) atoms. The Labute approximate surface area is 120 Å². The van der Waals surface area contributed by atoms with Crippen molar-refractivity contribution in [3.05, 3.63) is 63.6 Å². The molecule has 0 unspecified atom stereocenters. The SMILES string of the molecule is O=C(O)c1ccc(/C=N/c2cc(Cl)cc(Cl)c2)cc1. The highest BCUT2D eigenvalue weighted by molar-refractivity contribution is 6.35. The Bertz CT molecular complexity index is 616. The van der Waals surface area contributed by atoms with E-state index in [0.717, 1.165) is 5.56 Å². The van der Waals surface area contributed by atoms with Crippen LogP contribution in [0.25, 0.3) is 0 Å². The molecule has 0 aliphatic carbocycles. The molecule has 0 aliphatic rings. The highest BCUT2D eigenvalue weighted by atomic mass is 35.5. The average molecular weight is 294 g/mol. The number of aromatic carboxylic acids is 1. The molecule has 0 heterocycles. The van der Waals surface area contributed by atoms with Crippen molar-refractivity contribution in [1.82, 2.24) is 0 Å². The molecule has 3 nitrogen and oxygen atoms in total. The normalized spacial score (nSPS) is 10.8. The third-order valence-electron chi connectivity index (χ3n) is 2.37. The zero-order valence-electron chi connectivity index (χ0n) is 9.68. The number of aliphatic imine (C=N–C) groups is 1. The van der Waals surface area contributed by atoms with E-state index in [4.69, 9.17) is 28.3 Å². The second-order valence-corrected chi connectivity index (χ2v) is 4.69. The van der Waals surface area contributed by atoms with Crippen LogP contribution in [0.5, 0.6) is 0 Å². The van der Waals surface area contributed by atoms with Gasteiger partial charge in [-0.1, -0.05) is 35.3 Å². The summed E-state index contributed by atoms with van der Waals surface area (Å²) in [4.78, 5) is 14.9. The highest BCUT2D eigenvalue weighted by Gasteiger charge is 2.00. The monoisotopic (exact) mass is 293 g/mol. The quantitative estimate of drug-likeness (QED) is 0.851. The first-order valence-electron chi connectivity index (χ1n) is 5.38. The number of carboxylic acids is 1. The van der Waals surface area contributed by atoms with Gasteiger partial charge in [0.15, 0.2) is 0 Å². The number of halogens is 2. The molecule has 0 fully saturated rings. The Balaban J connectivity index is 2.20. The molecule has 96 valence electrons. The molecule has 2 aromatic carbocycles. The van der Waals surface area contributed by atoms with Crippen molar-refractivity contribution in [2.75, 3.05) is 0 Å². The number of nitrogens with zero attached hydrogens (tertiary/aromatic N) is 1. The van der Waals surface area contributed by atoms with Gasteiger partial charge in [-0.05, 0) is 35.9 Å². The van der Waals surface area contributed by atoms with E-state index >= 15 is 0 Å². The Morgan fingerprint density at radius 2 is 1.63 bits per heavy atom. The number of carboxylic acid groups (broad SMARTS) is 1. The molecular weight excluding hydrogens is 285 g/mol. The van der Waals surface area contributed by atoms with Crippen LogP contribution in [0.15, 0.2) is 47.5 Å².